The van der Waals surface area contributed by atoms with E-state index in [1.165, 1.54) is 0 Å². The molecule has 0 spiro atoms. The van der Waals surface area contributed by atoms with Crippen LogP contribution in [0.5, 0.6) is 0 Å². The highest BCUT2D eigenvalue weighted by Crippen LogP contribution is 2.15. The van der Waals surface area contributed by atoms with Crippen LogP contribution in [0.15, 0.2) is 0 Å². The van der Waals surface area contributed by atoms with Gasteiger partial charge in [0, 0.05) is 4.75 Å². The Balaban J connectivity index is -0.000000320. The Hall–Kier alpha value is 0.0700. The highest BCUT2D eigenvalue weighted by atomic mass is 35.5. The van der Waals surface area contributed by atoms with Crippen molar-refractivity contribution in [2.75, 3.05) is 0 Å². The van der Waals surface area contributed by atoms with Gasteiger partial charge in [0.15, 0.2) is 0 Å². The second-order valence-corrected chi connectivity index (χ2v) is 3.62. The number of thiol groups is 1. The normalized spacial score (nSPS) is 13.6. The second-order valence-electron chi connectivity index (χ2n) is 2.47. The summed E-state index contributed by atoms with van der Waals surface area (Å²) in [6, 6.07) is -0.902. The zero-order valence-electron chi connectivity index (χ0n) is 6.84. The van der Waals surface area contributed by atoms with E-state index < -0.39 is 16.8 Å². The first-order valence-electron chi connectivity index (χ1n) is 2.56. The van der Waals surface area contributed by atoms with E-state index in [1.54, 1.807) is 13.8 Å². The van der Waals surface area contributed by atoms with Gasteiger partial charge in [-0.25, -0.2) is 0 Å². The topological polar surface area (TPSA) is 63.3 Å². The molecule has 0 aliphatic rings. The van der Waals surface area contributed by atoms with Crippen LogP contribution in [0.2, 0.25) is 0 Å². The molecule has 0 aromatic carbocycles. The van der Waals surface area contributed by atoms with Gasteiger partial charge in [-0.15, -0.1) is 0 Å². The Kier molecular flexibility index (Phi) is 5.16. The summed E-state index contributed by atoms with van der Waals surface area (Å²) in [5, 5.41) is 8.34. The third-order valence-electron chi connectivity index (χ3n) is 1.03. The molecule has 0 amide bonds. The first-order chi connectivity index (χ1) is 3.85. The minimum absolute atomic E-state index is 0. The molecular weight excluding hydrogens is 174 g/mol. The van der Waals surface area contributed by atoms with Crippen LogP contribution in [-0.4, -0.2) is 21.9 Å². The molecule has 0 rings (SSSR count). The van der Waals surface area contributed by atoms with E-state index in [9.17, 15) is 4.79 Å². The lowest BCUT2D eigenvalue weighted by molar-refractivity contribution is -0.139. The van der Waals surface area contributed by atoms with Crippen molar-refractivity contribution in [2.45, 2.75) is 24.6 Å². The van der Waals surface area contributed by atoms with Gasteiger partial charge in [-0.2, -0.15) is 12.6 Å². The molecule has 62 valence electrons. The molecule has 0 heterocycles. The number of aliphatic carboxylic acids is 1. The maximum atomic E-state index is 10.2. The minimum atomic E-state index is -1.02. The molecule has 3 N–H and O–H groups in total. The molecule has 0 saturated carbocycles. The average molecular weight is 186 g/mol. The molecule has 5 heteroatoms. The van der Waals surface area contributed by atoms with Gasteiger partial charge in [0.2, 0.25) is 0 Å². The molecule has 0 bridgehead atoms. The monoisotopic (exact) mass is 185 g/mol. The van der Waals surface area contributed by atoms with Crippen molar-refractivity contribution in [3.63, 3.8) is 0 Å². The van der Waals surface area contributed by atoms with Crippen LogP contribution in [0, 0.1) is 0 Å². The Labute approximate surface area is 73.3 Å². The van der Waals surface area contributed by atoms with E-state index in [4.69, 9.17) is 10.8 Å². The summed E-state index contributed by atoms with van der Waals surface area (Å²) < 4.78 is -0.647. The summed E-state index contributed by atoms with van der Waals surface area (Å²) in [6.07, 6.45) is 0. The van der Waals surface area contributed by atoms with Gasteiger partial charge >= 0.3 is 7.40 Å². The number of hydrogen-bond donors (Lipinski definition) is 3. The molecule has 1 atom stereocenters. The number of carboxylic acids is 1. The van der Waals surface area contributed by atoms with E-state index in [0.717, 1.165) is 0 Å². The lowest BCUT2D eigenvalue weighted by Crippen LogP contribution is -3.00. The molecule has 0 aliphatic heterocycles. The van der Waals surface area contributed by atoms with Gasteiger partial charge in [-0.1, -0.05) is 0 Å². The zero-order chi connectivity index (χ0) is 7.65. The standard InChI is InChI=1S/C5H11NO2S.ClH/c1-5(2,9)3(6)4(7)8;/h3,9H,6H2,1-2H3,(H,7,8);1H/t3-;/m0./s1. The highest BCUT2D eigenvalue weighted by molar-refractivity contribution is 7.81. The Morgan fingerprint density at radius 3 is 2.10 bits per heavy atom. The fourth-order valence-corrected chi connectivity index (χ4v) is 0.413. The summed E-state index contributed by atoms with van der Waals surface area (Å²) in [5.41, 5.74) is 5.22. The number of carbonyl (C=O) groups is 1. The maximum absolute atomic E-state index is 10.2. The number of carboxylic acid groups (broad SMARTS) is 1. The third-order valence-corrected chi connectivity index (χ3v) is 1.31. The summed E-state index contributed by atoms with van der Waals surface area (Å²) in [6.45, 7) is 3.32. The van der Waals surface area contributed by atoms with Crippen molar-refractivity contribution in [3.8, 4) is 0 Å². The first-order valence-corrected chi connectivity index (χ1v) is 3.01. The van der Waals surface area contributed by atoms with E-state index >= 15 is 0 Å². The van der Waals surface area contributed by atoms with E-state index in [2.05, 4.69) is 12.6 Å². The van der Waals surface area contributed by atoms with Crippen molar-refractivity contribution in [2.24, 2.45) is 5.73 Å². The smallest absolute Gasteiger partial charge is 1.00 e. The predicted molar refractivity (Wildman–Crippen MR) is 39.8 cm³/mol. The third kappa shape index (κ3) is 3.98. The van der Waals surface area contributed by atoms with Gasteiger partial charge in [-0.05, 0) is 13.8 Å². The SMILES string of the molecule is CC(C)(S)[C@@H](N)C(=O)O.[Cl-].[H+]. The van der Waals surface area contributed by atoms with E-state index in [-0.39, 0.29) is 13.8 Å². The number of halogens is 1. The van der Waals surface area contributed by atoms with Crippen molar-refractivity contribution in [3.05, 3.63) is 0 Å². The molecule has 3 nitrogen and oxygen atoms in total. The summed E-state index contributed by atoms with van der Waals surface area (Å²) >= 11 is 3.98. The molecule has 10 heavy (non-hydrogen) atoms. The molecule has 0 aliphatic carbocycles. The van der Waals surface area contributed by atoms with Crippen LogP contribution < -0.4 is 18.1 Å². The fourth-order valence-electron chi connectivity index (χ4n) is 0.302. The van der Waals surface area contributed by atoms with E-state index in [1.807, 2.05) is 0 Å². The molecule has 0 fully saturated rings. The van der Waals surface area contributed by atoms with Crippen LogP contribution in [0.1, 0.15) is 15.3 Å². The van der Waals surface area contributed by atoms with Crippen molar-refractivity contribution in [1.29, 1.82) is 0 Å². The fraction of sp³-hybridized carbons (Fsp3) is 0.800. The summed E-state index contributed by atoms with van der Waals surface area (Å²) in [4.78, 5) is 10.2. The lowest BCUT2D eigenvalue weighted by Gasteiger charge is -2.21. The van der Waals surface area contributed by atoms with Crippen molar-refractivity contribution in [1.82, 2.24) is 0 Å². The van der Waals surface area contributed by atoms with Crippen LogP contribution >= 0.6 is 12.6 Å². The maximum Gasteiger partial charge on any atom is 1.00 e. The summed E-state index contributed by atoms with van der Waals surface area (Å²) in [5.74, 6) is -1.02. The van der Waals surface area contributed by atoms with Crippen LogP contribution in [-0.2, 0) is 4.79 Å². The van der Waals surface area contributed by atoms with E-state index in [0.29, 0.717) is 0 Å². The highest BCUT2D eigenvalue weighted by Gasteiger charge is 2.27. The minimum Gasteiger partial charge on any atom is -1.00 e. The predicted octanol–water partition coefficient (Wildman–Crippen LogP) is -2.78. The molecule has 0 aromatic heterocycles. The van der Waals surface area contributed by atoms with Crippen LogP contribution in [0.4, 0.5) is 0 Å². The largest absolute Gasteiger partial charge is 1.00 e. The Bertz CT molecular complexity index is 128. The zero-order valence-corrected chi connectivity index (χ0v) is 7.49. The van der Waals surface area contributed by atoms with Crippen LogP contribution in [0.25, 0.3) is 0 Å². The van der Waals surface area contributed by atoms with Gasteiger partial charge < -0.3 is 23.2 Å². The molecule has 0 radical (unpaired) electrons. The van der Waals surface area contributed by atoms with Crippen LogP contribution in [0.3, 0.4) is 0 Å². The lowest BCUT2D eigenvalue weighted by atomic mass is 10.1. The van der Waals surface area contributed by atoms with Gasteiger partial charge in [-0.3, -0.25) is 4.79 Å². The number of hydrogen-bond acceptors (Lipinski definition) is 3. The summed E-state index contributed by atoms with van der Waals surface area (Å²) in [7, 11) is 0. The van der Waals surface area contributed by atoms with Gasteiger partial charge in [0.25, 0.3) is 0 Å². The molecule has 0 saturated heterocycles. The Morgan fingerprint density at radius 2 is 2.10 bits per heavy atom. The first kappa shape index (κ1) is 12.7. The molecule has 0 aromatic rings. The average Bonchev–Trinajstić information content (AvgIpc) is 1.62. The Morgan fingerprint density at radius 1 is 1.80 bits per heavy atom. The van der Waals surface area contributed by atoms with Crippen molar-refractivity contribution < 1.29 is 23.7 Å². The molecular formula is C5H12ClNO2S. The second kappa shape index (κ2) is 4.05. The van der Waals surface area contributed by atoms with Gasteiger partial charge in [0.1, 0.15) is 6.04 Å². The number of nitrogens with two attached hydrogens (primary N) is 1. The molecule has 0 unspecified atom stereocenters. The van der Waals surface area contributed by atoms with Gasteiger partial charge in [0.05, 0.1) is 0 Å². The quantitative estimate of drug-likeness (QED) is 0.408. The van der Waals surface area contributed by atoms with Crippen molar-refractivity contribution >= 4 is 18.6 Å². The number of rotatable bonds is 2.